The maximum atomic E-state index is 12.0. The number of aliphatic carboxylic acids is 1. The van der Waals surface area contributed by atoms with Crippen LogP contribution in [0.25, 0.3) is 0 Å². The van der Waals surface area contributed by atoms with Crippen molar-refractivity contribution in [1.82, 2.24) is 19.7 Å². The number of nitrogens with one attached hydrogen (secondary N) is 1. The average molecular weight is 432 g/mol. The van der Waals surface area contributed by atoms with Crippen LogP contribution < -0.4 is 5.32 Å². The molecule has 2 aromatic heterocycles. The second kappa shape index (κ2) is 9.12. The molecular weight excluding hydrogens is 402 g/mol. The van der Waals surface area contributed by atoms with Gasteiger partial charge in [0.25, 0.3) is 0 Å². The standard InChI is InChI=1S/C25H29N5O2/c31-25(32)23(19-5-2-1-3-6-19)29-14-12-22(17-29)30-16-18(15-27-30)8-10-21-11-9-20-7-4-13-26-24(20)28-21/h1-3,5-6,9,11,15-16,22-23H,4,7-8,10,12-14,17H2,(H,26,28)(H,31,32)/t22-,23-/m1/s1. The molecule has 2 aliphatic heterocycles. The number of carbonyl (C=O) groups is 1. The number of hydrogen-bond acceptors (Lipinski definition) is 5. The minimum atomic E-state index is -0.801. The fraction of sp³-hybridized carbons (Fsp3) is 0.400. The lowest BCUT2D eigenvalue weighted by Crippen LogP contribution is -2.32. The van der Waals surface area contributed by atoms with Crippen molar-refractivity contribution >= 4 is 11.8 Å². The second-order valence-corrected chi connectivity index (χ2v) is 8.76. The van der Waals surface area contributed by atoms with Crippen molar-refractivity contribution in [3.63, 3.8) is 0 Å². The first-order valence-electron chi connectivity index (χ1n) is 11.4. The maximum Gasteiger partial charge on any atom is 0.325 e. The van der Waals surface area contributed by atoms with E-state index >= 15 is 0 Å². The monoisotopic (exact) mass is 431 g/mol. The molecule has 0 aliphatic carbocycles. The summed E-state index contributed by atoms with van der Waals surface area (Å²) in [5.74, 6) is 0.243. The largest absolute Gasteiger partial charge is 0.480 e. The van der Waals surface area contributed by atoms with Gasteiger partial charge in [-0.15, -0.1) is 0 Å². The van der Waals surface area contributed by atoms with Crippen LogP contribution in [-0.2, 0) is 24.1 Å². The quantitative estimate of drug-likeness (QED) is 0.596. The molecule has 0 spiro atoms. The van der Waals surface area contributed by atoms with E-state index in [1.54, 1.807) is 0 Å². The summed E-state index contributed by atoms with van der Waals surface area (Å²) in [6.45, 7) is 2.43. The number of fused-ring (bicyclic) bond motifs is 1. The summed E-state index contributed by atoms with van der Waals surface area (Å²) in [6.07, 6.45) is 9.00. The Kier molecular flexibility index (Phi) is 5.90. The first-order valence-corrected chi connectivity index (χ1v) is 11.4. The van der Waals surface area contributed by atoms with Gasteiger partial charge in [-0.2, -0.15) is 5.10 Å². The van der Waals surface area contributed by atoms with Gasteiger partial charge in [-0.1, -0.05) is 36.4 Å². The predicted molar refractivity (Wildman–Crippen MR) is 123 cm³/mol. The number of carboxylic acid groups (broad SMARTS) is 1. The van der Waals surface area contributed by atoms with Crippen molar-refractivity contribution in [2.24, 2.45) is 0 Å². The maximum absolute atomic E-state index is 12.0. The molecule has 4 heterocycles. The van der Waals surface area contributed by atoms with E-state index in [2.05, 4.69) is 28.7 Å². The number of aryl methyl sites for hydroxylation is 3. The molecule has 0 unspecified atom stereocenters. The Bertz CT molecular complexity index is 1080. The Labute approximate surface area is 188 Å². The summed E-state index contributed by atoms with van der Waals surface area (Å²) in [5, 5.41) is 17.8. The van der Waals surface area contributed by atoms with Gasteiger partial charge < -0.3 is 10.4 Å². The van der Waals surface area contributed by atoms with E-state index in [1.165, 1.54) is 17.5 Å². The van der Waals surface area contributed by atoms with E-state index < -0.39 is 12.0 Å². The van der Waals surface area contributed by atoms with Crippen LogP contribution in [-0.4, -0.2) is 50.4 Å². The van der Waals surface area contributed by atoms with Gasteiger partial charge >= 0.3 is 5.97 Å². The first kappa shape index (κ1) is 20.7. The third-order valence-corrected chi connectivity index (χ3v) is 6.56. The van der Waals surface area contributed by atoms with Crippen molar-refractivity contribution in [3.8, 4) is 0 Å². The second-order valence-electron chi connectivity index (χ2n) is 8.76. The zero-order valence-corrected chi connectivity index (χ0v) is 18.2. The van der Waals surface area contributed by atoms with E-state index in [1.807, 2.05) is 46.1 Å². The highest BCUT2D eigenvalue weighted by molar-refractivity contribution is 5.75. The highest BCUT2D eigenvalue weighted by Crippen LogP contribution is 2.30. The van der Waals surface area contributed by atoms with Gasteiger partial charge in [0, 0.05) is 31.5 Å². The van der Waals surface area contributed by atoms with Crippen molar-refractivity contribution in [2.75, 3.05) is 25.0 Å². The highest BCUT2D eigenvalue weighted by atomic mass is 16.4. The normalized spacial score (nSPS) is 19.3. The minimum absolute atomic E-state index is 0.195. The van der Waals surface area contributed by atoms with Gasteiger partial charge in [0.1, 0.15) is 11.9 Å². The minimum Gasteiger partial charge on any atom is -0.480 e. The lowest BCUT2D eigenvalue weighted by molar-refractivity contribution is -0.143. The molecule has 0 radical (unpaired) electrons. The number of hydrogen-bond donors (Lipinski definition) is 2. The molecule has 3 aromatic rings. The van der Waals surface area contributed by atoms with E-state index in [4.69, 9.17) is 4.98 Å². The number of pyridine rings is 1. The number of rotatable bonds is 7. The van der Waals surface area contributed by atoms with Crippen LogP contribution in [0.5, 0.6) is 0 Å². The molecule has 5 rings (SSSR count). The molecule has 2 aliphatic rings. The Morgan fingerprint density at radius 2 is 2.06 bits per heavy atom. The molecule has 1 aromatic carbocycles. The molecule has 7 nitrogen and oxygen atoms in total. The summed E-state index contributed by atoms with van der Waals surface area (Å²) in [4.78, 5) is 18.8. The Morgan fingerprint density at radius 3 is 2.91 bits per heavy atom. The lowest BCUT2D eigenvalue weighted by atomic mass is 10.1. The van der Waals surface area contributed by atoms with Gasteiger partial charge in [0.15, 0.2) is 0 Å². The van der Waals surface area contributed by atoms with Crippen LogP contribution in [0.15, 0.2) is 54.9 Å². The Morgan fingerprint density at radius 1 is 1.19 bits per heavy atom. The Hall–Kier alpha value is -3.19. The van der Waals surface area contributed by atoms with Crippen LogP contribution in [0.3, 0.4) is 0 Å². The summed E-state index contributed by atoms with van der Waals surface area (Å²) in [6, 6.07) is 13.4. The number of nitrogens with zero attached hydrogens (tertiary/aromatic N) is 4. The average Bonchev–Trinajstić information content (AvgIpc) is 3.48. The molecule has 2 N–H and O–H groups in total. The molecule has 0 saturated carbocycles. The fourth-order valence-corrected chi connectivity index (χ4v) is 4.85. The van der Waals surface area contributed by atoms with Crippen molar-refractivity contribution < 1.29 is 9.90 Å². The zero-order valence-electron chi connectivity index (χ0n) is 18.2. The molecular formula is C25H29N5O2. The Balaban J connectivity index is 1.21. The molecule has 1 fully saturated rings. The SMILES string of the molecule is O=C(O)[C@@H](c1ccccc1)N1CC[C@@H](n2cc(CCc3ccc4c(n3)NCCC4)cn2)C1. The number of likely N-dealkylation sites (tertiary alicyclic amines) is 1. The lowest BCUT2D eigenvalue weighted by Gasteiger charge is -2.24. The summed E-state index contributed by atoms with van der Waals surface area (Å²) in [7, 11) is 0. The van der Waals surface area contributed by atoms with Crippen LogP contribution in [0.2, 0.25) is 0 Å². The van der Waals surface area contributed by atoms with Crippen LogP contribution in [0.1, 0.15) is 47.3 Å². The third kappa shape index (κ3) is 4.39. The molecule has 0 bridgehead atoms. The summed E-state index contributed by atoms with van der Waals surface area (Å²) in [5.41, 5.74) is 4.43. The predicted octanol–water partition coefficient (Wildman–Crippen LogP) is 3.49. The van der Waals surface area contributed by atoms with E-state index in [9.17, 15) is 9.90 Å². The van der Waals surface area contributed by atoms with Gasteiger partial charge in [-0.05, 0) is 54.9 Å². The van der Waals surface area contributed by atoms with Gasteiger partial charge in [-0.25, -0.2) is 4.98 Å². The number of carboxylic acids is 1. The van der Waals surface area contributed by atoms with Gasteiger partial charge in [0.05, 0.1) is 12.2 Å². The number of aromatic nitrogens is 3. The van der Waals surface area contributed by atoms with E-state index in [-0.39, 0.29) is 6.04 Å². The summed E-state index contributed by atoms with van der Waals surface area (Å²) >= 11 is 0. The van der Waals surface area contributed by atoms with Gasteiger partial charge in [-0.3, -0.25) is 14.4 Å². The molecule has 32 heavy (non-hydrogen) atoms. The highest BCUT2D eigenvalue weighted by Gasteiger charge is 2.34. The molecule has 7 heteroatoms. The van der Waals surface area contributed by atoms with E-state index in [0.29, 0.717) is 6.54 Å². The zero-order chi connectivity index (χ0) is 21.9. The molecule has 2 atom stereocenters. The molecule has 166 valence electrons. The summed E-state index contributed by atoms with van der Waals surface area (Å²) < 4.78 is 2.01. The van der Waals surface area contributed by atoms with Crippen molar-refractivity contribution in [2.45, 2.75) is 44.2 Å². The van der Waals surface area contributed by atoms with Crippen LogP contribution in [0.4, 0.5) is 5.82 Å². The fourth-order valence-electron chi connectivity index (χ4n) is 4.85. The smallest absolute Gasteiger partial charge is 0.325 e. The third-order valence-electron chi connectivity index (χ3n) is 6.56. The van der Waals surface area contributed by atoms with Crippen LogP contribution in [0, 0.1) is 0 Å². The molecule has 0 amide bonds. The van der Waals surface area contributed by atoms with Crippen molar-refractivity contribution in [1.29, 1.82) is 0 Å². The topological polar surface area (TPSA) is 83.3 Å². The number of anilines is 1. The molecule has 1 saturated heterocycles. The first-order chi connectivity index (χ1) is 15.7. The van der Waals surface area contributed by atoms with Crippen molar-refractivity contribution in [3.05, 3.63) is 77.2 Å². The number of benzene rings is 1. The van der Waals surface area contributed by atoms with Crippen LogP contribution >= 0.6 is 0 Å². The van der Waals surface area contributed by atoms with Gasteiger partial charge in [0.2, 0.25) is 0 Å². The van der Waals surface area contributed by atoms with E-state index in [0.717, 1.165) is 55.8 Å².